The SMILES string of the molecule is CC(C)(C)C(=O)/C(C#N)=C/c1ccc(OCc2cccc3ccccc23)cc1. The first kappa shape index (κ1) is 19.4. The predicted octanol–water partition coefficient (Wildman–Crippen LogP) is 5.94. The summed E-state index contributed by atoms with van der Waals surface area (Å²) in [6.07, 6.45) is 1.63. The number of carbonyl (C=O) groups is 1. The van der Waals surface area contributed by atoms with E-state index in [1.165, 1.54) is 10.8 Å². The molecule has 0 fully saturated rings. The second kappa shape index (κ2) is 8.10. The topological polar surface area (TPSA) is 50.1 Å². The number of hydrogen-bond donors (Lipinski definition) is 0. The Bertz CT molecular complexity index is 1060. The largest absolute Gasteiger partial charge is 0.489 e. The van der Waals surface area contributed by atoms with Gasteiger partial charge >= 0.3 is 0 Å². The number of carbonyl (C=O) groups excluding carboxylic acids is 1. The van der Waals surface area contributed by atoms with E-state index in [0.717, 1.165) is 16.9 Å². The van der Waals surface area contributed by atoms with Crippen molar-refractivity contribution in [1.82, 2.24) is 0 Å². The summed E-state index contributed by atoms with van der Waals surface area (Å²) in [5, 5.41) is 11.7. The summed E-state index contributed by atoms with van der Waals surface area (Å²) in [7, 11) is 0. The van der Waals surface area contributed by atoms with Crippen molar-refractivity contribution < 1.29 is 9.53 Å². The molecule has 0 saturated carbocycles. The highest BCUT2D eigenvalue weighted by molar-refractivity contribution is 6.06. The summed E-state index contributed by atoms with van der Waals surface area (Å²) >= 11 is 0. The zero-order valence-corrected chi connectivity index (χ0v) is 16.4. The van der Waals surface area contributed by atoms with Crippen LogP contribution >= 0.6 is 0 Å². The molecule has 0 aliphatic heterocycles. The molecule has 0 atom stereocenters. The average Bonchev–Trinajstić information content (AvgIpc) is 2.70. The Labute approximate surface area is 165 Å². The molecular weight excluding hydrogens is 346 g/mol. The van der Waals surface area contributed by atoms with Crippen molar-refractivity contribution in [2.75, 3.05) is 0 Å². The van der Waals surface area contributed by atoms with E-state index < -0.39 is 5.41 Å². The number of ketones is 1. The molecule has 28 heavy (non-hydrogen) atoms. The molecule has 3 aromatic carbocycles. The Morgan fingerprint density at radius 2 is 1.68 bits per heavy atom. The fourth-order valence-corrected chi connectivity index (χ4v) is 2.96. The number of nitriles is 1. The van der Waals surface area contributed by atoms with Crippen LogP contribution in [-0.4, -0.2) is 5.78 Å². The van der Waals surface area contributed by atoms with Gasteiger partial charge < -0.3 is 4.74 Å². The van der Waals surface area contributed by atoms with E-state index in [1.807, 2.05) is 69.3 Å². The summed E-state index contributed by atoms with van der Waals surface area (Å²) in [6, 6.07) is 23.9. The smallest absolute Gasteiger partial charge is 0.178 e. The maximum absolute atomic E-state index is 12.3. The highest BCUT2D eigenvalue weighted by atomic mass is 16.5. The van der Waals surface area contributed by atoms with E-state index in [2.05, 4.69) is 24.3 Å². The number of Topliss-reactive ketones (excluding diaryl/α,β-unsaturated/α-hetero) is 1. The van der Waals surface area contributed by atoms with Crippen molar-refractivity contribution >= 4 is 22.6 Å². The zero-order chi connectivity index (χ0) is 20.1. The minimum atomic E-state index is -0.580. The summed E-state index contributed by atoms with van der Waals surface area (Å²) in [6.45, 7) is 5.91. The number of fused-ring (bicyclic) bond motifs is 1. The van der Waals surface area contributed by atoms with Gasteiger partial charge in [0.25, 0.3) is 0 Å². The number of rotatable bonds is 5. The van der Waals surface area contributed by atoms with Gasteiger partial charge in [-0.05, 0) is 40.1 Å². The van der Waals surface area contributed by atoms with Gasteiger partial charge in [-0.15, -0.1) is 0 Å². The van der Waals surface area contributed by atoms with Gasteiger partial charge in [-0.2, -0.15) is 5.26 Å². The molecule has 0 bridgehead atoms. The van der Waals surface area contributed by atoms with Crippen LogP contribution in [0.5, 0.6) is 5.75 Å². The molecule has 0 aliphatic rings. The van der Waals surface area contributed by atoms with Crippen molar-refractivity contribution in [2.45, 2.75) is 27.4 Å². The van der Waals surface area contributed by atoms with Gasteiger partial charge in [0.05, 0.1) is 5.57 Å². The van der Waals surface area contributed by atoms with Crippen LogP contribution in [0.2, 0.25) is 0 Å². The van der Waals surface area contributed by atoms with Gasteiger partial charge in [-0.1, -0.05) is 75.4 Å². The molecule has 3 rings (SSSR count). The van der Waals surface area contributed by atoms with Crippen molar-refractivity contribution in [3.05, 3.63) is 83.4 Å². The summed E-state index contributed by atoms with van der Waals surface area (Å²) < 4.78 is 5.94. The van der Waals surface area contributed by atoms with Crippen molar-refractivity contribution in [3.8, 4) is 11.8 Å². The summed E-state index contributed by atoms with van der Waals surface area (Å²) in [4.78, 5) is 12.3. The maximum Gasteiger partial charge on any atom is 0.178 e. The van der Waals surface area contributed by atoms with Crippen LogP contribution in [0.25, 0.3) is 16.8 Å². The van der Waals surface area contributed by atoms with Gasteiger partial charge in [0, 0.05) is 5.41 Å². The molecule has 0 saturated heterocycles. The van der Waals surface area contributed by atoms with Crippen LogP contribution in [-0.2, 0) is 11.4 Å². The number of nitrogens with zero attached hydrogens (tertiary/aromatic N) is 1. The standard InChI is InChI=1S/C25H23NO2/c1-25(2,3)24(27)21(16-26)15-18-11-13-22(14-12-18)28-17-20-9-6-8-19-7-4-5-10-23(19)20/h4-15H,17H2,1-3H3/b21-15+. The third-order valence-electron chi connectivity index (χ3n) is 4.51. The van der Waals surface area contributed by atoms with E-state index in [1.54, 1.807) is 6.08 Å². The lowest BCUT2D eigenvalue weighted by atomic mass is 9.86. The van der Waals surface area contributed by atoms with Crippen molar-refractivity contribution in [3.63, 3.8) is 0 Å². The van der Waals surface area contributed by atoms with Gasteiger partial charge in [0.15, 0.2) is 5.78 Å². The lowest BCUT2D eigenvalue weighted by Crippen LogP contribution is -2.21. The van der Waals surface area contributed by atoms with Crippen LogP contribution in [0.15, 0.2) is 72.3 Å². The predicted molar refractivity (Wildman–Crippen MR) is 113 cm³/mol. The Balaban J connectivity index is 1.73. The number of hydrogen-bond acceptors (Lipinski definition) is 3. The van der Waals surface area contributed by atoms with E-state index in [9.17, 15) is 10.1 Å². The molecule has 0 radical (unpaired) electrons. The number of ether oxygens (including phenoxy) is 1. The number of allylic oxidation sites excluding steroid dienone is 1. The first-order valence-electron chi connectivity index (χ1n) is 9.24. The van der Waals surface area contributed by atoms with Crippen LogP contribution in [0.1, 0.15) is 31.9 Å². The van der Waals surface area contributed by atoms with Gasteiger partial charge in [0.1, 0.15) is 18.4 Å². The Hall–Kier alpha value is -3.38. The quantitative estimate of drug-likeness (QED) is 0.413. The first-order valence-corrected chi connectivity index (χ1v) is 9.24. The third-order valence-corrected chi connectivity index (χ3v) is 4.51. The van der Waals surface area contributed by atoms with Crippen molar-refractivity contribution in [2.24, 2.45) is 5.41 Å². The molecule has 3 heteroatoms. The number of benzene rings is 3. The normalized spacial score (nSPS) is 11.9. The minimum Gasteiger partial charge on any atom is -0.489 e. The van der Waals surface area contributed by atoms with Gasteiger partial charge in [-0.3, -0.25) is 4.79 Å². The van der Waals surface area contributed by atoms with E-state index in [-0.39, 0.29) is 11.4 Å². The Morgan fingerprint density at radius 3 is 2.36 bits per heavy atom. The molecular formula is C25H23NO2. The molecule has 0 spiro atoms. The summed E-state index contributed by atoms with van der Waals surface area (Å²) in [5.74, 6) is 0.581. The van der Waals surface area contributed by atoms with Gasteiger partial charge in [-0.25, -0.2) is 0 Å². The second-order valence-corrected chi connectivity index (χ2v) is 7.74. The molecule has 3 nitrogen and oxygen atoms in total. The third kappa shape index (κ3) is 4.47. The highest BCUT2D eigenvalue weighted by Crippen LogP contribution is 2.23. The maximum atomic E-state index is 12.3. The van der Waals surface area contributed by atoms with Crippen LogP contribution in [0.4, 0.5) is 0 Å². The van der Waals surface area contributed by atoms with E-state index >= 15 is 0 Å². The highest BCUT2D eigenvalue weighted by Gasteiger charge is 2.24. The molecule has 0 N–H and O–H groups in total. The van der Waals surface area contributed by atoms with E-state index in [0.29, 0.717) is 6.61 Å². The molecule has 0 aliphatic carbocycles. The zero-order valence-electron chi connectivity index (χ0n) is 16.4. The average molecular weight is 369 g/mol. The molecule has 0 amide bonds. The fourth-order valence-electron chi connectivity index (χ4n) is 2.96. The monoisotopic (exact) mass is 369 g/mol. The molecule has 3 aromatic rings. The lowest BCUT2D eigenvalue weighted by Gasteiger charge is -2.15. The summed E-state index contributed by atoms with van der Waals surface area (Å²) in [5.41, 5.74) is 1.51. The Kier molecular flexibility index (Phi) is 5.61. The first-order chi connectivity index (χ1) is 13.4. The van der Waals surface area contributed by atoms with Crippen LogP contribution in [0.3, 0.4) is 0 Å². The second-order valence-electron chi connectivity index (χ2n) is 7.74. The van der Waals surface area contributed by atoms with Crippen LogP contribution in [0, 0.1) is 16.7 Å². The molecule has 0 unspecified atom stereocenters. The minimum absolute atomic E-state index is 0.161. The molecule has 0 heterocycles. The molecule has 140 valence electrons. The van der Waals surface area contributed by atoms with E-state index in [4.69, 9.17) is 4.74 Å². The van der Waals surface area contributed by atoms with Gasteiger partial charge in [0.2, 0.25) is 0 Å². The molecule has 0 aromatic heterocycles. The van der Waals surface area contributed by atoms with Crippen LogP contribution < -0.4 is 4.74 Å². The fraction of sp³-hybridized carbons (Fsp3) is 0.200. The Morgan fingerprint density at radius 1 is 1.00 bits per heavy atom. The lowest BCUT2D eigenvalue weighted by molar-refractivity contribution is -0.121. The van der Waals surface area contributed by atoms with Crippen molar-refractivity contribution in [1.29, 1.82) is 5.26 Å².